The van der Waals surface area contributed by atoms with Crippen molar-refractivity contribution in [2.75, 3.05) is 0 Å². The molecule has 18 heavy (non-hydrogen) atoms. The molecule has 0 fully saturated rings. The van der Waals surface area contributed by atoms with Gasteiger partial charge in [0.2, 0.25) is 0 Å². The molecule has 1 N–H and O–H groups in total. The van der Waals surface area contributed by atoms with Crippen molar-refractivity contribution in [3.8, 4) is 11.6 Å². The fourth-order valence-electron chi connectivity index (χ4n) is 1.94. The highest BCUT2D eigenvalue weighted by Crippen LogP contribution is 2.16. The van der Waals surface area contributed by atoms with Crippen LogP contribution in [-0.4, -0.2) is 26.0 Å². The topological polar surface area (TPSA) is 63.6 Å². The second-order valence-electron chi connectivity index (χ2n) is 4.22. The fourth-order valence-corrected chi connectivity index (χ4v) is 1.94. The van der Waals surface area contributed by atoms with Gasteiger partial charge in [0.15, 0.2) is 11.6 Å². The minimum absolute atomic E-state index is 0. The van der Waals surface area contributed by atoms with Crippen LogP contribution in [0.25, 0.3) is 11.6 Å². The molecule has 6 heteroatoms. The first-order valence-electron chi connectivity index (χ1n) is 5.68. The summed E-state index contributed by atoms with van der Waals surface area (Å²) >= 11 is 0. The maximum absolute atomic E-state index is 4.56. The Bertz CT molecular complexity index is 531. The predicted octanol–water partition coefficient (Wildman–Crippen LogP) is 1.39. The van der Waals surface area contributed by atoms with E-state index in [1.807, 2.05) is 6.20 Å². The molecule has 2 aromatic heterocycles. The second kappa shape index (κ2) is 5.37. The molecule has 1 aliphatic heterocycles. The summed E-state index contributed by atoms with van der Waals surface area (Å²) in [6.07, 6.45) is 6.20. The van der Waals surface area contributed by atoms with E-state index in [1.165, 1.54) is 5.56 Å². The molecule has 94 valence electrons. The minimum atomic E-state index is 0. The van der Waals surface area contributed by atoms with Crippen LogP contribution in [0.2, 0.25) is 0 Å². The molecule has 0 amide bonds. The third kappa shape index (κ3) is 2.47. The first-order valence-corrected chi connectivity index (χ1v) is 5.68. The van der Waals surface area contributed by atoms with Crippen LogP contribution in [0.1, 0.15) is 18.2 Å². The molecule has 2 aromatic rings. The minimum Gasteiger partial charge on any atom is -0.310 e. The van der Waals surface area contributed by atoms with E-state index in [9.17, 15) is 0 Å². The van der Waals surface area contributed by atoms with Gasteiger partial charge in [-0.3, -0.25) is 0 Å². The van der Waals surface area contributed by atoms with Crippen molar-refractivity contribution in [1.29, 1.82) is 0 Å². The van der Waals surface area contributed by atoms with Crippen molar-refractivity contribution in [3.63, 3.8) is 0 Å². The molecule has 0 aliphatic carbocycles. The number of hydrogen-bond donors (Lipinski definition) is 1. The maximum atomic E-state index is 4.56. The molecule has 0 spiro atoms. The van der Waals surface area contributed by atoms with E-state index in [4.69, 9.17) is 0 Å². The largest absolute Gasteiger partial charge is 0.310 e. The highest BCUT2D eigenvalue weighted by Gasteiger charge is 2.17. The van der Waals surface area contributed by atoms with Crippen LogP contribution in [-0.2, 0) is 13.0 Å². The molecule has 0 aromatic carbocycles. The number of halogens is 1. The van der Waals surface area contributed by atoms with E-state index in [1.54, 1.807) is 18.5 Å². The van der Waals surface area contributed by atoms with Gasteiger partial charge in [-0.1, -0.05) is 0 Å². The molecule has 0 saturated heterocycles. The molecule has 1 aliphatic rings. The van der Waals surface area contributed by atoms with Crippen LogP contribution in [0.5, 0.6) is 0 Å². The van der Waals surface area contributed by atoms with Crippen LogP contribution >= 0.6 is 12.4 Å². The Balaban J connectivity index is 0.00000120. The lowest BCUT2D eigenvalue weighted by Gasteiger charge is -2.21. The summed E-state index contributed by atoms with van der Waals surface area (Å²) in [4.78, 5) is 17.2. The summed E-state index contributed by atoms with van der Waals surface area (Å²) in [6, 6.07) is 2.25. The van der Waals surface area contributed by atoms with Crippen molar-refractivity contribution in [2.45, 2.75) is 25.9 Å². The lowest BCUT2D eigenvalue weighted by atomic mass is 10.0. The van der Waals surface area contributed by atoms with Crippen LogP contribution in [0, 0.1) is 0 Å². The molecule has 0 bridgehead atoms. The van der Waals surface area contributed by atoms with E-state index >= 15 is 0 Å². The Morgan fingerprint density at radius 3 is 2.72 bits per heavy atom. The number of nitrogens with zero attached hydrogens (tertiary/aromatic N) is 4. The van der Waals surface area contributed by atoms with Gasteiger partial charge in [-0.05, 0) is 13.0 Å². The third-order valence-corrected chi connectivity index (χ3v) is 2.86. The molecule has 1 unspecified atom stereocenters. The molecule has 5 nitrogen and oxygen atoms in total. The molecular weight excluding hydrogens is 250 g/mol. The van der Waals surface area contributed by atoms with Crippen LogP contribution in [0.15, 0.2) is 24.7 Å². The summed E-state index contributed by atoms with van der Waals surface area (Å²) in [5.74, 6) is 1.19. The van der Waals surface area contributed by atoms with Gasteiger partial charge in [0.1, 0.15) is 0 Å². The molecule has 3 heterocycles. The molecule has 0 radical (unpaired) electrons. The van der Waals surface area contributed by atoms with Crippen molar-refractivity contribution in [2.24, 2.45) is 0 Å². The van der Waals surface area contributed by atoms with Crippen molar-refractivity contribution in [3.05, 3.63) is 35.9 Å². The van der Waals surface area contributed by atoms with Gasteiger partial charge in [-0.25, -0.2) is 19.9 Å². The third-order valence-electron chi connectivity index (χ3n) is 2.86. The van der Waals surface area contributed by atoms with E-state index in [2.05, 4.69) is 32.2 Å². The normalized spacial score (nSPS) is 17.7. The Morgan fingerprint density at radius 1 is 1.17 bits per heavy atom. The van der Waals surface area contributed by atoms with Crippen LogP contribution in [0.4, 0.5) is 0 Å². The van der Waals surface area contributed by atoms with Crippen molar-refractivity contribution < 1.29 is 0 Å². The molecular formula is C12H14ClN5. The SMILES string of the molecule is CC1Cc2nc(-c3ncccn3)ncc2CN1.Cl. The van der Waals surface area contributed by atoms with E-state index in [0.717, 1.165) is 18.7 Å². The number of nitrogens with one attached hydrogen (secondary N) is 1. The summed E-state index contributed by atoms with van der Waals surface area (Å²) in [6.45, 7) is 3.00. The van der Waals surface area contributed by atoms with E-state index in [0.29, 0.717) is 17.7 Å². The maximum Gasteiger partial charge on any atom is 0.197 e. The predicted molar refractivity (Wildman–Crippen MR) is 70.3 cm³/mol. The highest BCUT2D eigenvalue weighted by atomic mass is 35.5. The van der Waals surface area contributed by atoms with Gasteiger partial charge in [0, 0.05) is 43.2 Å². The highest BCUT2D eigenvalue weighted by molar-refractivity contribution is 5.85. The van der Waals surface area contributed by atoms with Gasteiger partial charge in [-0.2, -0.15) is 0 Å². The summed E-state index contributed by atoms with van der Waals surface area (Å²) < 4.78 is 0. The standard InChI is InChI=1S/C12H13N5.ClH/c1-8-5-10-9(6-15-8)7-16-12(17-10)11-13-3-2-4-14-11;/h2-4,7-8,15H,5-6H2,1H3;1H. The van der Waals surface area contributed by atoms with Gasteiger partial charge in [0.25, 0.3) is 0 Å². The van der Waals surface area contributed by atoms with Crippen LogP contribution in [0.3, 0.4) is 0 Å². The first-order chi connectivity index (χ1) is 8.33. The number of rotatable bonds is 1. The average Bonchev–Trinajstić information content (AvgIpc) is 2.39. The fraction of sp³-hybridized carbons (Fsp3) is 0.333. The number of fused-ring (bicyclic) bond motifs is 1. The van der Waals surface area contributed by atoms with E-state index in [-0.39, 0.29) is 12.4 Å². The summed E-state index contributed by atoms with van der Waals surface area (Å²) in [7, 11) is 0. The van der Waals surface area contributed by atoms with Gasteiger partial charge in [0.05, 0.1) is 5.69 Å². The quantitative estimate of drug-likeness (QED) is 0.842. The number of hydrogen-bond acceptors (Lipinski definition) is 5. The lowest BCUT2D eigenvalue weighted by Crippen LogP contribution is -2.33. The zero-order chi connectivity index (χ0) is 11.7. The molecule has 1 atom stereocenters. The van der Waals surface area contributed by atoms with Gasteiger partial charge >= 0.3 is 0 Å². The second-order valence-corrected chi connectivity index (χ2v) is 4.22. The Morgan fingerprint density at radius 2 is 1.94 bits per heavy atom. The first kappa shape index (κ1) is 12.9. The Hall–Kier alpha value is -1.59. The van der Waals surface area contributed by atoms with Crippen molar-refractivity contribution in [1.82, 2.24) is 25.3 Å². The average molecular weight is 264 g/mol. The van der Waals surface area contributed by atoms with Gasteiger partial charge in [-0.15, -0.1) is 12.4 Å². The number of aromatic nitrogens is 4. The lowest BCUT2D eigenvalue weighted by molar-refractivity contribution is 0.503. The monoisotopic (exact) mass is 263 g/mol. The summed E-state index contributed by atoms with van der Waals surface area (Å²) in [5, 5.41) is 3.39. The zero-order valence-electron chi connectivity index (χ0n) is 10.00. The molecule has 0 saturated carbocycles. The smallest absolute Gasteiger partial charge is 0.197 e. The van der Waals surface area contributed by atoms with Crippen molar-refractivity contribution >= 4 is 12.4 Å². The Labute approximate surface area is 112 Å². The Kier molecular flexibility index (Phi) is 3.84. The van der Waals surface area contributed by atoms with Crippen LogP contribution < -0.4 is 5.32 Å². The van der Waals surface area contributed by atoms with E-state index < -0.39 is 0 Å². The summed E-state index contributed by atoms with van der Waals surface area (Å²) in [5.41, 5.74) is 2.27. The zero-order valence-corrected chi connectivity index (χ0v) is 10.8. The molecule has 3 rings (SSSR count). The van der Waals surface area contributed by atoms with Gasteiger partial charge < -0.3 is 5.32 Å².